The highest BCUT2D eigenvalue weighted by Crippen LogP contribution is 2.43. The molecule has 0 aromatic heterocycles. The highest BCUT2D eigenvalue weighted by atomic mass is 33.7. The van der Waals surface area contributed by atoms with Crippen molar-refractivity contribution in [3.05, 3.63) is 0 Å². The van der Waals surface area contributed by atoms with Gasteiger partial charge in [-0.25, -0.2) is 29.5 Å². The van der Waals surface area contributed by atoms with Crippen LogP contribution in [0.2, 0.25) is 0 Å². The monoisotopic (exact) mass is 2130 g/mol. The van der Waals surface area contributed by atoms with Gasteiger partial charge in [0.15, 0.2) is 8.86 Å². The summed E-state index contributed by atoms with van der Waals surface area (Å²) in [6.45, 7) is 0. The second-order valence-electron chi connectivity index (χ2n) is 19.1. The van der Waals surface area contributed by atoms with Crippen molar-refractivity contribution in [3.63, 3.8) is 0 Å². The molecular weight excluding hydrogens is 2050 g/mol. The Morgan fingerprint density at radius 3 is 0.657 bits per heavy atom. The van der Waals surface area contributed by atoms with Gasteiger partial charge in [-0.15, -0.1) is 0 Å². The van der Waals surface area contributed by atoms with Crippen molar-refractivity contribution in [3.8, 4) is 0 Å². The first-order valence-electron chi connectivity index (χ1n) is 28.1. The molecule has 0 fully saturated rings. The maximum atomic E-state index is 11.4. The molecule has 0 aromatic rings. The van der Waals surface area contributed by atoms with Crippen LogP contribution >= 0.6 is 105 Å². The third-order valence-electron chi connectivity index (χ3n) is 9.00. The van der Waals surface area contributed by atoms with E-state index in [-0.39, 0.29) is 139 Å². The van der Waals surface area contributed by atoms with Crippen LogP contribution in [0.4, 0.5) is 0 Å². The average Bonchev–Trinajstić information content (AvgIpc) is 0.939. The van der Waals surface area contributed by atoms with Gasteiger partial charge in [0.1, 0.15) is 38.4 Å². The van der Waals surface area contributed by atoms with Gasteiger partial charge in [-0.3, -0.25) is 54.6 Å². The van der Waals surface area contributed by atoms with E-state index in [1.165, 1.54) is 52.0 Å². The van der Waals surface area contributed by atoms with Crippen molar-refractivity contribution in [1.82, 2.24) is 0 Å². The molecule has 72 heteroatoms. The topological polar surface area (TPSA) is 772 Å². The highest BCUT2D eigenvalue weighted by molar-refractivity contribution is 9.26. The van der Waals surface area contributed by atoms with Gasteiger partial charge in [-0.2, -0.15) is 101 Å². The molecule has 0 bridgehead atoms. The van der Waals surface area contributed by atoms with E-state index in [1.807, 2.05) is 0 Å². The summed E-state index contributed by atoms with van der Waals surface area (Å²) < 4.78 is 429. The van der Waals surface area contributed by atoms with E-state index in [4.69, 9.17) is 54.6 Å². The van der Waals surface area contributed by atoms with E-state index in [0.717, 1.165) is 53.0 Å². The molecule has 0 aliphatic carbocycles. The van der Waals surface area contributed by atoms with Crippen LogP contribution in [0.25, 0.3) is 0 Å². The molecule has 0 heterocycles. The minimum absolute atomic E-state index is 0.0669. The fourth-order valence-electron chi connectivity index (χ4n) is 4.82. The van der Waals surface area contributed by atoms with Crippen molar-refractivity contribution >= 4 is 293 Å². The first-order chi connectivity index (χ1) is 48.5. The third-order valence-corrected chi connectivity index (χ3v) is 49.1. The summed E-state index contributed by atoms with van der Waals surface area (Å²) >= 11 is 0. The maximum Gasteiger partial charge on any atom is 0.264 e. The molecule has 0 rings (SSSR count). The average molecular weight is 2130 g/mol. The molecule has 0 spiro atoms. The number of hydrogen-bond acceptors (Lipinski definition) is 41. The first kappa shape index (κ1) is 122. The van der Waals surface area contributed by atoms with Crippen LogP contribution in [0, 0.1) is 0 Å². The van der Waals surface area contributed by atoms with Crippen LogP contribution in [-0.2, 0) is 188 Å². The lowest BCUT2D eigenvalue weighted by atomic mass is 10.6. The van der Waals surface area contributed by atoms with Crippen molar-refractivity contribution in [2.75, 3.05) is 138 Å². The summed E-state index contributed by atoms with van der Waals surface area (Å²) in [5.74, 6) is -2.48. The summed E-state index contributed by atoms with van der Waals surface area (Å²) in [6, 6.07) is 0. The van der Waals surface area contributed by atoms with Gasteiger partial charge in [0.05, 0.1) is 88.7 Å². The van der Waals surface area contributed by atoms with E-state index >= 15 is 0 Å². The van der Waals surface area contributed by atoms with Crippen molar-refractivity contribution < 1.29 is 185 Å². The fourth-order valence-corrected chi connectivity index (χ4v) is 38.8. The second-order valence-corrected chi connectivity index (χ2v) is 69.1. The normalized spacial score (nSPS) is 14.6. The zero-order chi connectivity index (χ0) is 85.6. The first-order valence-corrected chi connectivity index (χ1v) is 71.4. The largest absolute Gasteiger partial charge is 0.286 e. The molecule has 0 aliphatic rings. The molecule has 6 unspecified atom stereocenters. The Bertz CT molecular complexity index is 4020. The predicted molar refractivity (Wildman–Crippen MR) is 444 cm³/mol. The summed E-state index contributed by atoms with van der Waals surface area (Å²) in [7, 11) is -47.2. The van der Waals surface area contributed by atoms with Gasteiger partial charge >= 0.3 is 0 Å². The minimum atomic E-state index is -4.13. The van der Waals surface area contributed by atoms with Crippen LogP contribution in [0.3, 0.4) is 0 Å². The Morgan fingerprint density at radius 1 is 0.204 bits per heavy atom. The lowest BCUT2D eigenvalue weighted by Gasteiger charge is -2.01. The summed E-state index contributed by atoms with van der Waals surface area (Å²) in [5, 5.41) is 0. The van der Waals surface area contributed by atoms with Crippen molar-refractivity contribution in [1.29, 1.82) is 0 Å². The van der Waals surface area contributed by atoms with Crippen LogP contribution in [-0.4, -0.2) is 323 Å². The molecule has 0 aromatic carbocycles. The Hall–Kier alpha value is 3.47. The van der Waals surface area contributed by atoms with Crippen LogP contribution in [0.15, 0.2) is 0 Å². The Labute approximate surface area is 684 Å². The molecule has 0 radical (unpaired) electrons. The highest BCUT2D eigenvalue weighted by Gasteiger charge is 2.18. The zero-order valence-electron chi connectivity index (χ0n) is 55.3. The van der Waals surface area contributed by atoms with Gasteiger partial charge in [0.2, 0.25) is 0 Å². The van der Waals surface area contributed by atoms with E-state index in [2.05, 4.69) is 0 Å². The second kappa shape index (κ2) is 65.2. The van der Waals surface area contributed by atoms with E-state index in [9.17, 15) is 130 Å². The molecule has 0 aliphatic heterocycles. The Balaban J connectivity index is -0.000000289. The van der Waals surface area contributed by atoms with Crippen molar-refractivity contribution in [2.45, 2.75) is 77.0 Å². The van der Waals surface area contributed by atoms with Gasteiger partial charge in [-0.1, -0.05) is 64.8 Å². The third kappa shape index (κ3) is 123. The summed E-state index contributed by atoms with van der Waals surface area (Å²) in [4.78, 5) is 0. The van der Waals surface area contributed by atoms with E-state index in [1.54, 1.807) is 0 Å². The van der Waals surface area contributed by atoms with Gasteiger partial charge < -0.3 is 0 Å². The van der Waals surface area contributed by atoms with Crippen molar-refractivity contribution in [2.24, 2.45) is 0 Å². The maximum absolute atomic E-state index is 11.4. The molecule has 0 saturated carbocycles. The van der Waals surface area contributed by atoms with Gasteiger partial charge in [-0.05, 0) is 107 Å². The molecule has 0 amide bonds. The standard InChI is InChI=1S/C6H14O8S5.C6H14O8S4.2C6H14O7S5.C6H14O7S4.C6H14O6S6/c7-16(4-2-6-19(12,13)14)17(8)15-3-1-5-18(9,10)11;7-15(3-1-5-17(9,10)11)16(8)4-2-6-18(12,13)14;7-16(4-2-6-18(11,12)13)15-14-3-1-5-17(8,9)10;7-16(14-3-1-5-17(8,9)10)15-4-2-6-18(11,12)13;7-15(4-2-6-17(11,12)13)14-3-1-5-16(8,9)10;7-17(8,9)5-1-3-13-15-16-14-4-2-6-18(10,11)12/h1-6H2,(H,9,10,11)(H,12,13,14);1-6H2,(H,9,10,11)(H,12,13,14);2*1-6H2,(H,8,9,10)(H,11,12,13);1-6H2,(H,8,9,10)(H,11,12,13);1-6H2,(H,7,8,9)(H,10,11,12). The SMILES string of the molecule is O=S(=O)(O)CCCSSSSCCCS(=O)(=O)O.O=S(CCCS(=O)(=O)O)S(=O)CCCS(=O)(=O)O.O=S(CCCS(=O)(=O)O)S(=O)SCCCS(=O)(=O)O.O=S(CCCS(=O)(=O)O)SCCCS(=O)(=O)O.O=S(CCCS(=O)(=O)O)SSCCCS(=O)(=O)O.O=S(SCCCS(=O)(=O)O)SCCCS(=O)(=O)O. The smallest absolute Gasteiger partial charge is 0.264 e. The Kier molecular flexibility index (Phi) is 73.9. The molecule has 0 saturated heterocycles. The van der Waals surface area contributed by atoms with Gasteiger partial charge in [0, 0.05) is 78.9 Å². The predicted octanol–water partition coefficient (Wildman–Crippen LogP) is 1.89. The van der Waals surface area contributed by atoms with Gasteiger partial charge in [0.25, 0.3) is 121 Å². The zero-order valence-corrected chi connectivity index (χ0v) is 79.0. The molecule has 43 nitrogen and oxygen atoms in total. The fraction of sp³-hybridized carbons (Fsp3) is 1.00. The lowest BCUT2D eigenvalue weighted by Crippen LogP contribution is -2.14. The van der Waals surface area contributed by atoms with E-state index in [0.29, 0.717) is 41.6 Å². The molecular formula is C36H84O43S29. The number of hydrogen-bond donors (Lipinski definition) is 12. The molecule has 108 heavy (non-hydrogen) atoms. The molecule has 6 atom stereocenters. The van der Waals surface area contributed by atoms with Crippen LogP contribution in [0.5, 0.6) is 0 Å². The minimum Gasteiger partial charge on any atom is -0.286 e. The molecule has 660 valence electrons. The van der Waals surface area contributed by atoms with E-state index < -0.39 is 223 Å². The molecule has 12 N–H and O–H groups in total. The van der Waals surface area contributed by atoms with Crippen LogP contribution in [0.1, 0.15) is 77.0 Å². The van der Waals surface area contributed by atoms with Crippen LogP contribution < -0.4 is 0 Å². The summed E-state index contributed by atoms with van der Waals surface area (Å²) in [5.41, 5.74) is 0. The lowest BCUT2D eigenvalue weighted by molar-refractivity contribution is 0.480. The summed E-state index contributed by atoms with van der Waals surface area (Å²) in [6.07, 6.45) is 1.56. The number of rotatable bonds is 59. The Morgan fingerprint density at radius 2 is 0.398 bits per heavy atom. The quantitative estimate of drug-likeness (QED) is 0.0235.